The maximum atomic E-state index is 13.3. The number of benzene rings is 2. The van der Waals surface area contributed by atoms with Crippen molar-refractivity contribution >= 4 is 28.3 Å². The van der Waals surface area contributed by atoms with Gasteiger partial charge in [0, 0.05) is 12.3 Å². The van der Waals surface area contributed by atoms with E-state index in [0.29, 0.717) is 17.8 Å². The van der Waals surface area contributed by atoms with Crippen LogP contribution in [0.3, 0.4) is 0 Å². The van der Waals surface area contributed by atoms with Crippen LogP contribution in [0.15, 0.2) is 48.7 Å². The van der Waals surface area contributed by atoms with Gasteiger partial charge in [-0.3, -0.25) is 9.59 Å². The van der Waals surface area contributed by atoms with Gasteiger partial charge in [0.05, 0.1) is 24.0 Å². The van der Waals surface area contributed by atoms with Gasteiger partial charge in [-0.1, -0.05) is 54.9 Å². The molecule has 1 heterocycles. The van der Waals surface area contributed by atoms with Gasteiger partial charge >= 0.3 is 0 Å². The van der Waals surface area contributed by atoms with Crippen LogP contribution >= 0.6 is 11.3 Å². The second kappa shape index (κ2) is 12.2. The Bertz CT molecular complexity index is 1170. The van der Waals surface area contributed by atoms with Gasteiger partial charge in [0.15, 0.2) is 5.13 Å². The fourth-order valence-electron chi connectivity index (χ4n) is 4.15. The second-order valence-corrected chi connectivity index (χ2v) is 10.1. The van der Waals surface area contributed by atoms with E-state index >= 15 is 0 Å². The van der Waals surface area contributed by atoms with Gasteiger partial charge in [0.25, 0.3) is 0 Å². The number of amides is 2. The third-order valence-electron chi connectivity index (χ3n) is 6.07. The Kier molecular flexibility index (Phi) is 8.77. The first kappa shape index (κ1) is 25.9. The molecule has 1 atom stereocenters. The third-order valence-corrected chi connectivity index (χ3v) is 7.03. The van der Waals surface area contributed by atoms with Crippen LogP contribution in [0.5, 0.6) is 0 Å². The summed E-state index contributed by atoms with van der Waals surface area (Å²) in [6.45, 7) is 2.13. The van der Waals surface area contributed by atoms with Crippen molar-refractivity contribution < 1.29 is 23.1 Å². The number of carbonyl (C=O) groups excluding carboxylic acids is 2. The summed E-state index contributed by atoms with van der Waals surface area (Å²) in [6, 6.07) is 10.2. The predicted molar refractivity (Wildman–Crippen MR) is 136 cm³/mol. The molecule has 4 rings (SSSR count). The van der Waals surface area contributed by atoms with E-state index in [1.807, 2.05) is 24.3 Å². The number of anilines is 1. The number of carbonyl (C=O) groups is 2. The van der Waals surface area contributed by atoms with Crippen LogP contribution in [0.1, 0.15) is 50.2 Å². The highest BCUT2D eigenvalue weighted by molar-refractivity contribution is 7.19. The number of rotatable bonds is 9. The van der Waals surface area contributed by atoms with Crippen LogP contribution in [0.25, 0.3) is 10.4 Å². The molecule has 6 nitrogen and oxygen atoms in total. The molecule has 0 spiro atoms. The fourth-order valence-corrected chi connectivity index (χ4v) is 4.97. The molecule has 9 heteroatoms. The molecule has 0 radical (unpaired) electrons. The maximum Gasteiger partial charge on any atom is 0.248 e. The van der Waals surface area contributed by atoms with E-state index in [9.17, 15) is 18.4 Å². The molecule has 0 saturated heterocycles. The molecule has 0 bridgehead atoms. The Morgan fingerprint density at radius 1 is 1.06 bits per heavy atom. The highest BCUT2D eigenvalue weighted by atomic mass is 32.1. The lowest BCUT2D eigenvalue weighted by atomic mass is 9.98. The average Bonchev–Trinajstić information content (AvgIpc) is 3.31. The van der Waals surface area contributed by atoms with E-state index in [4.69, 9.17) is 4.74 Å². The standard InChI is InChI=1S/C27H29F2N3O3S/c1-17(31-25(33)13-19-11-21(28)14-22(29)12-19)26(34)32-27-30-15-24(36-27)20-9-7-18(8-10-20)16-35-23-5-3-2-4-6-23/h7-12,14-15,17,23H,2-6,13,16H2,1H3,(H,31,33)(H,30,32,34)/t17-/m0/s1. The normalized spacial score (nSPS) is 14.9. The Balaban J connectivity index is 1.26. The number of hydrogen-bond donors (Lipinski definition) is 2. The zero-order valence-electron chi connectivity index (χ0n) is 20.1. The molecule has 1 saturated carbocycles. The minimum absolute atomic E-state index is 0.189. The van der Waals surface area contributed by atoms with Gasteiger partial charge in [0.2, 0.25) is 11.8 Å². The molecule has 2 N–H and O–H groups in total. The van der Waals surface area contributed by atoms with Crippen molar-refractivity contribution in [2.24, 2.45) is 0 Å². The lowest BCUT2D eigenvalue weighted by Crippen LogP contribution is -2.42. The summed E-state index contributed by atoms with van der Waals surface area (Å²) >= 11 is 1.33. The molecule has 1 fully saturated rings. The summed E-state index contributed by atoms with van der Waals surface area (Å²) < 4.78 is 32.7. The highest BCUT2D eigenvalue weighted by Crippen LogP contribution is 2.29. The Morgan fingerprint density at radius 2 is 1.75 bits per heavy atom. The molecular formula is C27H29F2N3O3S. The number of nitrogens with zero attached hydrogens (tertiary/aromatic N) is 1. The van der Waals surface area contributed by atoms with Crippen LogP contribution in [0.4, 0.5) is 13.9 Å². The average molecular weight is 514 g/mol. The van der Waals surface area contributed by atoms with Gasteiger partial charge in [0.1, 0.15) is 17.7 Å². The van der Waals surface area contributed by atoms with Crippen LogP contribution in [-0.2, 0) is 27.4 Å². The number of hydrogen-bond acceptors (Lipinski definition) is 5. The first-order valence-corrected chi connectivity index (χ1v) is 12.9. The molecular weight excluding hydrogens is 484 g/mol. The van der Waals surface area contributed by atoms with E-state index in [-0.39, 0.29) is 12.0 Å². The molecule has 1 aliphatic rings. The monoisotopic (exact) mass is 513 g/mol. The molecule has 2 aromatic carbocycles. The first-order chi connectivity index (χ1) is 17.4. The highest BCUT2D eigenvalue weighted by Gasteiger charge is 2.18. The number of thiazole rings is 1. The molecule has 3 aromatic rings. The fraction of sp³-hybridized carbons (Fsp3) is 0.370. The maximum absolute atomic E-state index is 13.3. The molecule has 0 unspecified atom stereocenters. The van der Waals surface area contributed by atoms with E-state index in [1.54, 1.807) is 6.20 Å². The van der Waals surface area contributed by atoms with Crippen LogP contribution in [0, 0.1) is 11.6 Å². The topological polar surface area (TPSA) is 80.3 Å². The summed E-state index contributed by atoms with van der Waals surface area (Å²) in [6.07, 6.45) is 7.89. The molecule has 0 aliphatic heterocycles. The number of aromatic nitrogens is 1. The van der Waals surface area contributed by atoms with Crippen molar-refractivity contribution in [1.82, 2.24) is 10.3 Å². The smallest absolute Gasteiger partial charge is 0.248 e. The molecule has 36 heavy (non-hydrogen) atoms. The number of nitrogens with one attached hydrogen (secondary N) is 2. The summed E-state index contributed by atoms with van der Waals surface area (Å²) in [5.41, 5.74) is 2.29. The predicted octanol–water partition coefficient (Wildman–Crippen LogP) is 5.62. The summed E-state index contributed by atoms with van der Waals surface area (Å²) in [7, 11) is 0. The van der Waals surface area contributed by atoms with Crippen molar-refractivity contribution in [3.63, 3.8) is 0 Å². The summed E-state index contributed by atoms with van der Waals surface area (Å²) in [4.78, 5) is 29.9. The van der Waals surface area contributed by atoms with Crippen LogP contribution in [-0.4, -0.2) is 28.9 Å². The van der Waals surface area contributed by atoms with Crippen molar-refractivity contribution in [3.8, 4) is 10.4 Å². The largest absolute Gasteiger partial charge is 0.374 e. The van der Waals surface area contributed by atoms with E-state index in [2.05, 4.69) is 15.6 Å². The quantitative estimate of drug-likeness (QED) is 0.389. The SMILES string of the molecule is C[C@H](NC(=O)Cc1cc(F)cc(F)c1)C(=O)Nc1ncc(-c2ccc(COC3CCCCC3)cc2)s1. The van der Waals surface area contributed by atoms with Crippen molar-refractivity contribution in [3.05, 3.63) is 71.4 Å². The zero-order chi connectivity index (χ0) is 25.5. The van der Waals surface area contributed by atoms with Crippen molar-refractivity contribution in [2.45, 2.75) is 64.2 Å². The van der Waals surface area contributed by atoms with E-state index in [0.717, 1.165) is 47.0 Å². The lowest BCUT2D eigenvalue weighted by Gasteiger charge is -2.22. The minimum atomic E-state index is -0.855. The van der Waals surface area contributed by atoms with Gasteiger partial charge in [-0.2, -0.15) is 0 Å². The number of ether oxygens (including phenoxy) is 1. The lowest BCUT2D eigenvalue weighted by molar-refractivity contribution is -0.125. The summed E-state index contributed by atoms with van der Waals surface area (Å²) in [5.74, 6) is -2.48. The Morgan fingerprint density at radius 3 is 2.44 bits per heavy atom. The van der Waals surface area contributed by atoms with Crippen LogP contribution < -0.4 is 10.6 Å². The third kappa shape index (κ3) is 7.41. The molecule has 1 aliphatic carbocycles. The zero-order valence-corrected chi connectivity index (χ0v) is 20.9. The Hall–Kier alpha value is -3.17. The van der Waals surface area contributed by atoms with Crippen molar-refractivity contribution in [1.29, 1.82) is 0 Å². The van der Waals surface area contributed by atoms with Gasteiger partial charge in [-0.15, -0.1) is 0 Å². The minimum Gasteiger partial charge on any atom is -0.374 e. The number of halogens is 2. The van der Waals surface area contributed by atoms with Crippen LogP contribution in [0.2, 0.25) is 0 Å². The second-order valence-electron chi connectivity index (χ2n) is 9.03. The first-order valence-electron chi connectivity index (χ1n) is 12.1. The van der Waals surface area contributed by atoms with Gasteiger partial charge < -0.3 is 15.4 Å². The van der Waals surface area contributed by atoms with E-state index in [1.165, 1.54) is 37.5 Å². The molecule has 190 valence electrons. The molecule has 2 amide bonds. The molecule has 1 aromatic heterocycles. The summed E-state index contributed by atoms with van der Waals surface area (Å²) in [5, 5.41) is 5.65. The van der Waals surface area contributed by atoms with E-state index < -0.39 is 29.5 Å². The Labute approximate surface area is 213 Å². The van der Waals surface area contributed by atoms with Crippen molar-refractivity contribution in [2.75, 3.05) is 5.32 Å². The van der Waals surface area contributed by atoms with Gasteiger partial charge in [-0.25, -0.2) is 13.8 Å². The van der Waals surface area contributed by atoms with Gasteiger partial charge in [-0.05, 0) is 48.6 Å².